The zero-order valence-corrected chi connectivity index (χ0v) is 6.79. The van der Waals surface area contributed by atoms with Crippen molar-refractivity contribution in [2.75, 3.05) is 6.61 Å². The number of hydrogen-bond acceptors (Lipinski definition) is 3. The molecule has 0 aliphatic carbocycles. The van der Waals surface area contributed by atoms with Gasteiger partial charge >= 0.3 is 5.97 Å². The molecule has 0 fully saturated rings. The Morgan fingerprint density at radius 3 is 2.55 bits per heavy atom. The molecule has 0 aliphatic heterocycles. The van der Waals surface area contributed by atoms with E-state index < -0.39 is 11.9 Å². The van der Waals surface area contributed by atoms with Crippen molar-refractivity contribution >= 4 is 11.8 Å². The maximum absolute atomic E-state index is 10.9. The summed E-state index contributed by atoms with van der Waals surface area (Å²) in [6.07, 6.45) is 1.13. The smallest absolute Gasteiger partial charge is 0.316 e. The summed E-state index contributed by atoms with van der Waals surface area (Å²) in [6, 6.07) is 0. The summed E-state index contributed by atoms with van der Waals surface area (Å²) in [5.41, 5.74) is 0. The van der Waals surface area contributed by atoms with Crippen LogP contribution in [0.3, 0.4) is 0 Å². The number of allylic oxidation sites excluding steroid dienone is 1. The second-order valence-corrected chi connectivity index (χ2v) is 2.08. The van der Waals surface area contributed by atoms with Gasteiger partial charge in [0.05, 0.1) is 6.61 Å². The minimum atomic E-state index is -0.715. The van der Waals surface area contributed by atoms with E-state index in [0.29, 0.717) is 6.61 Å². The zero-order valence-electron chi connectivity index (χ0n) is 6.79. The Bertz CT molecular complexity index is 172. The Labute approximate surface area is 66.0 Å². The first-order valence-electron chi connectivity index (χ1n) is 3.46. The van der Waals surface area contributed by atoms with Gasteiger partial charge in [0.15, 0.2) is 5.78 Å². The standard InChI is InChI=1S/C8H12O3/c1-4-7(9)6(3)8(10)11-5-2/h4,6H,1,5H2,2-3H3. The van der Waals surface area contributed by atoms with Crippen molar-refractivity contribution in [2.45, 2.75) is 13.8 Å². The molecule has 0 aromatic heterocycles. The number of ether oxygens (including phenoxy) is 1. The molecule has 1 unspecified atom stereocenters. The molecule has 62 valence electrons. The van der Waals surface area contributed by atoms with Crippen molar-refractivity contribution in [3.63, 3.8) is 0 Å². The highest BCUT2D eigenvalue weighted by molar-refractivity contribution is 6.04. The molecule has 11 heavy (non-hydrogen) atoms. The second-order valence-electron chi connectivity index (χ2n) is 2.08. The number of hydrogen-bond donors (Lipinski definition) is 0. The molecule has 0 aromatic rings. The number of rotatable bonds is 4. The van der Waals surface area contributed by atoms with E-state index >= 15 is 0 Å². The van der Waals surface area contributed by atoms with Crippen molar-refractivity contribution in [3.8, 4) is 0 Å². The van der Waals surface area contributed by atoms with Gasteiger partial charge in [0, 0.05) is 0 Å². The van der Waals surface area contributed by atoms with Crippen molar-refractivity contribution in [1.82, 2.24) is 0 Å². The molecule has 3 nitrogen and oxygen atoms in total. The molecule has 0 bridgehead atoms. The molecule has 0 saturated carbocycles. The summed E-state index contributed by atoms with van der Waals surface area (Å²) >= 11 is 0. The van der Waals surface area contributed by atoms with Crippen molar-refractivity contribution in [1.29, 1.82) is 0 Å². The van der Waals surface area contributed by atoms with E-state index in [4.69, 9.17) is 0 Å². The topological polar surface area (TPSA) is 43.4 Å². The molecule has 0 amide bonds. The van der Waals surface area contributed by atoms with Crippen LogP contribution in [0.15, 0.2) is 12.7 Å². The molecular weight excluding hydrogens is 144 g/mol. The Balaban J connectivity index is 4.01. The van der Waals surface area contributed by atoms with E-state index in [1.165, 1.54) is 6.92 Å². The van der Waals surface area contributed by atoms with Gasteiger partial charge < -0.3 is 4.74 Å². The van der Waals surface area contributed by atoms with Crippen LogP contribution < -0.4 is 0 Å². The first kappa shape index (κ1) is 9.88. The lowest BCUT2D eigenvalue weighted by atomic mass is 10.1. The summed E-state index contributed by atoms with van der Waals surface area (Å²) in [5.74, 6) is -1.51. The van der Waals surface area contributed by atoms with E-state index in [0.717, 1.165) is 6.08 Å². The lowest BCUT2D eigenvalue weighted by molar-refractivity contribution is -0.149. The van der Waals surface area contributed by atoms with E-state index in [-0.39, 0.29) is 5.78 Å². The fourth-order valence-corrected chi connectivity index (χ4v) is 0.560. The minimum Gasteiger partial charge on any atom is -0.465 e. The third-order valence-corrected chi connectivity index (χ3v) is 1.27. The third-order valence-electron chi connectivity index (χ3n) is 1.27. The van der Waals surface area contributed by atoms with Gasteiger partial charge in [-0.25, -0.2) is 0 Å². The van der Waals surface area contributed by atoms with E-state index in [1.54, 1.807) is 6.92 Å². The van der Waals surface area contributed by atoms with Gasteiger partial charge in [-0.1, -0.05) is 6.58 Å². The first-order chi connectivity index (χ1) is 5.13. The monoisotopic (exact) mass is 156 g/mol. The molecule has 0 aromatic carbocycles. The van der Waals surface area contributed by atoms with Gasteiger partial charge in [-0.15, -0.1) is 0 Å². The fourth-order valence-electron chi connectivity index (χ4n) is 0.560. The van der Waals surface area contributed by atoms with Crippen LogP contribution in [0.25, 0.3) is 0 Å². The largest absolute Gasteiger partial charge is 0.465 e. The van der Waals surface area contributed by atoms with Gasteiger partial charge in [0.2, 0.25) is 0 Å². The molecule has 0 aliphatic rings. The summed E-state index contributed by atoms with van der Waals surface area (Å²) in [7, 11) is 0. The van der Waals surface area contributed by atoms with Crippen LogP contribution in [-0.2, 0) is 14.3 Å². The number of ketones is 1. The Morgan fingerprint density at radius 1 is 1.64 bits per heavy atom. The number of carbonyl (C=O) groups excluding carboxylic acids is 2. The second kappa shape index (κ2) is 4.66. The van der Waals surface area contributed by atoms with Crippen LogP contribution in [0, 0.1) is 5.92 Å². The summed E-state index contributed by atoms with van der Waals surface area (Å²) in [5, 5.41) is 0. The average molecular weight is 156 g/mol. The van der Waals surface area contributed by atoms with E-state index in [1.807, 2.05) is 0 Å². The van der Waals surface area contributed by atoms with Crippen molar-refractivity contribution in [2.24, 2.45) is 5.92 Å². The highest BCUT2D eigenvalue weighted by atomic mass is 16.5. The number of esters is 1. The molecule has 0 radical (unpaired) electrons. The normalized spacial score (nSPS) is 11.8. The predicted molar refractivity (Wildman–Crippen MR) is 41.0 cm³/mol. The van der Waals surface area contributed by atoms with Crippen molar-refractivity contribution in [3.05, 3.63) is 12.7 Å². The maximum Gasteiger partial charge on any atom is 0.316 e. The Hall–Kier alpha value is -1.12. The van der Waals surface area contributed by atoms with E-state index in [9.17, 15) is 9.59 Å². The Morgan fingerprint density at radius 2 is 2.18 bits per heavy atom. The van der Waals surface area contributed by atoms with Crippen LogP contribution in [0.5, 0.6) is 0 Å². The lowest BCUT2D eigenvalue weighted by Gasteiger charge is -2.05. The molecular formula is C8H12O3. The van der Waals surface area contributed by atoms with Crippen LogP contribution in [0.4, 0.5) is 0 Å². The van der Waals surface area contributed by atoms with Gasteiger partial charge in [0.25, 0.3) is 0 Å². The third kappa shape index (κ3) is 2.98. The summed E-state index contributed by atoms with van der Waals surface area (Å²) in [6.45, 7) is 6.77. The van der Waals surface area contributed by atoms with Gasteiger partial charge in [-0.2, -0.15) is 0 Å². The van der Waals surface area contributed by atoms with Gasteiger partial charge in [-0.05, 0) is 19.9 Å². The molecule has 1 atom stereocenters. The highest BCUT2D eigenvalue weighted by Gasteiger charge is 2.19. The predicted octanol–water partition coefficient (Wildman–Crippen LogP) is 0.941. The van der Waals surface area contributed by atoms with Crippen LogP contribution in [-0.4, -0.2) is 18.4 Å². The molecule has 0 heterocycles. The fraction of sp³-hybridized carbons (Fsp3) is 0.500. The van der Waals surface area contributed by atoms with Gasteiger partial charge in [-0.3, -0.25) is 9.59 Å². The maximum atomic E-state index is 10.9. The number of carbonyl (C=O) groups is 2. The quantitative estimate of drug-likeness (QED) is 0.345. The molecule has 0 N–H and O–H groups in total. The first-order valence-corrected chi connectivity index (χ1v) is 3.46. The van der Waals surface area contributed by atoms with Gasteiger partial charge in [0.1, 0.15) is 5.92 Å². The molecule has 0 saturated heterocycles. The zero-order chi connectivity index (χ0) is 8.85. The lowest BCUT2D eigenvalue weighted by Crippen LogP contribution is -2.21. The van der Waals surface area contributed by atoms with Crippen LogP contribution >= 0.6 is 0 Å². The average Bonchev–Trinajstić information content (AvgIpc) is 2.02. The molecule has 0 rings (SSSR count). The summed E-state index contributed by atoms with van der Waals surface area (Å²) < 4.78 is 4.62. The van der Waals surface area contributed by atoms with Crippen LogP contribution in [0.2, 0.25) is 0 Å². The molecule has 0 spiro atoms. The minimum absolute atomic E-state index is 0.299. The highest BCUT2D eigenvalue weighted by Crippen LogP contribution is 2.00. The SMILES string of the molecule is C=CC(=O)C(C)C(=O)OCC. The molecule has 3 heteroatoms. The van der Waals surface area contributed by atoms with E-state index in [2.05, 4.69) is 11.3 Å². The van der Waals surface area contributed by atoms with Crippen molar-refractivity contribution < 1.29 is 14.3 Å². The summed E-state index contributed by atoms with van der Waals surface area (Å²) in [4.78, 5) is 21.7. The Kier molecular flexibility index (Phi) is 4.18. The van der Waals surface area contributed by atoms with Crippen LogP contribution in [0.1, 0.15) is 13.8 Å².